The summed E-state index contributed by atoms with van der Waals surface area (Å²) in [6, 6.07) is 5.30. The molecule has 0 saturated heterocycles. The molecule has 0 N–H and O–H groups in total. The number of Topliss-reactive ketones (excluding diaryl/α,β-unsaturated/α-hetero) is 2. The lowest BCUT2D eigenvalue weighted by atomic mass is 10.0. The highest BCUT2D eigenvalue weighted by molar-refractivity contribution is 9.10. The fraction of sp³-hybridized carbons (Fsp3) is 0.385. The van der Waals surface area contributed by atoms with Gasteiger partial charge in [0.05, 0.1) is 12.7 Å². The topological polar surface area (TPSA) is 43.4 Å². The maximum atomic E-state index is 11.9. The van der Waals surface area contributed by atoms with E-state index in [1.54, 1.807) is 18.2 Å². The van der Waals surface area contributed by atoms with Crippen LogP contribution in [0.3, 0.4) is 0 Å². The Bertz CT molecular complexity index is 427. The van der Waals surface area contributed by atoms with Gasteiger partial charge in [-0.3, -0.25) is 4.79 Å². The van der Waals surface area contributed by atoms with Crippen LogP contribution in [0, 0.1) is 0 Å². The van der Waals surface area contributed by atoms with Crippen LogP contribution in [-0.2, 0) is 4.79 Å². The maximum absolute atomic E-state index is 11.9. The first-order chi connectivity index (χ1) is 8.04. The highest BCUT2D eigenvalue weighted by Crippen LogP contribution is 2.25. The number of ether oxygens (including phenoxy) is 1. The molecule has 0 radical (unpaired) electrons. The maximum Gasteiger partial charge on any atom is 0.166 e. The molecule has 92 valence electrons. The first-order valence-electron chi connectivity index (χ1n) is 5.40. The van der Waals surface area contributed by atoms with Crippen molar-refractivity contribution < 1.29 is 14.3 Å². The van der Waals surface area contributed by atoms with Crippen LogP contribution in [0.1, 0.15) is 36.5 Å². The van der Waals surface area contributed by atoms with Crippen LogP contribution >= 0.6 is 15.9 Å². The van der Waals surface area contributed by atoms with Gasteiger partial charge in [-0.1, -0.05) is 15.9 Å². The summed E-state index contributed by atoms with van der Waals surface area (Å²) in [6.45, 7) is 1.53. The molecule has 1 rings (SSSR count). The van der Waals surface area contributed by atoms with Crippen molar-refractivity contribution in [1.82, 2.24) is 0 Å². The third-order valence-electron chi connectivity index (χ3n) is 2.40. The predicted molar refractivity (Wildman–Crippen MR) is 69.6 cm³/mol. The van der Waals surface area contributed by atoms with Crippen LogP contribution in [0.5, 0.6) is 5.75 Å². The van der Waals surface area contributed by atoms with Crippen LogP contribution in [-0.4, -0.2) is 18.7 Å². The molecule has 0 heterocycles. The molecule has 17 heavy (non-hydrogen) atoms. The lowest BCUT2D eigenvalue weighted by Gasteiger charge is -2.07. The van der Waals surface area contributed by atoms with E-state index in [-0.39, 0.29) is 11.6 Å². The Morgan fingerprint density at radius 2 is 2.00 bits per heavy atom. The van der Waals surface area contributed by atoms with E-state index in [0.29, 0.717) is 30.6 Å². The number of ketones is 2. The van der Waals surface area contributed by atoms with Crippen molar-refractivity contribution in [1.29, 1.82) is 0 Å². The van der Waals surface area contributed by atoms with Gasteiger partial charge < -0.3 is 9.53 Å². The van der Waals surface area contributed by atoms with Crippen molar-refractivity contribution in [3.05, 3.63) is 28.2 Å². The molecule has 0 aliphatic rings. The summed E-state index contributed by atoms with van der Waals surface area (Å²) in [6.07, 6.45) is 1.41. The fourth-order valence-corrected chi connectivity index (χ4v) is 1.87. The number of rotatable bonds is 6. The molecule has 0 aliphatic heterocycles. The number of carbonyl (C=O) groups is 2. The van der Waals surface area contributed by atoms with Crippen molar-refractivity contribution in [2.24, 2.45) is 0 Å². The minimum absolute atomic E-state index is 0.00981. The van der Waals surface area contributed by atoms with Crippen molar-refractivity contribution in [2.75, 3.05) is 7.11 Å². The standard InChI is InChI=1S/C13H15BrO3/c1-9(15)4-3-5-12(16)11-7-6-10(14)8-13(11)17-2/h6-8H,3-5H2,1-2H3. The SMILES string of the molecule is COc1cc(Br)ccc1C(=O)CCCC(C)=O. The van der Waals surface area contributed by atoms with E-state index in [1.165, 1.54) is 14.0 Å². The molecular weight excluding hydrogens is 284 g/mol. The lowest BCUT2D eigenvalue weighted by Crippen LogP contribution is -2.03. The summed E-state index contributed by atoms with van der Waals surface area (Å²) >= 11 is 3.32. The molecule has 0 unspecified atom stereocenters. The molecule has 0 aliphatic carbocycles. The average Bonchev–Trinajstić information content (AvgIpc) is 2.28. The van der Waals surface area contributed by atoms with Gasteiger partial charge in [-0.2, -0.15) is 0 Å². The molecule has 0 aromatic heterocycles. The highest BCUT2D eigenvalue weighted by atomic mass is 79.9. The van der Waals surface area contributed by atoms with E-state index in [2.05, 4.69) is 15.9 Å². The molecule has 0 spiro atoms. The number of benzene rings is 1. The summed E-state index contributed by atoms with van der Waals surface area (Å²) in [5, 5.41) is 0. The van der Waals surface area contributed by atoms with Crippen LogP contribution in [0.4, 0.5) is 0 Å². The molecule has 4 heteroatoms. The van der Waals surface area contributed by atoms with Crippen LogP contribution in [0.15, 0.2) is 22.7 Å². The van der Waals surface area contributed by atoms with Gasteiger partial charge in [0, 0.05) is 17.3 Å². The molecule has 0 saturated carbocycles. The van der Waals surface area contributed by atoms with Gasteiger partial charge in [-0.15, -0.1) is 0 Å². The van der Waals surface area contributed by atoms with Gasteiger partial charge in [0.1, 0.15) is 11.5 Å². The van der Waals surface area contributed by atoms with Crippen molar-refractivity contribution in [2.45, 2.75) is 26.2 Å². The summed E-state index contributed by atoms with van der Waals surface area (Å²) in [5.74, 6) is 0.684. The molecule has 3 nitrogen and oxygen atoms in total. The van der Waals surface area contributed by atoms with Gasteiger partial charge in [0.15, 0.2) is 5.78 Å². The molecule has 0 bridgehead atoms. The minimum atomic E-state index is 0.00981. The average molecular weight is 299 g/mol. The van der Waals surface area contributed by atoms with Crippen LogP contribution < -0.4 is 4.74 Å². The number of halogens is 1. The first kappa shape index (κ1) is 13.9. The van der Waals surface area contributed by atoms with Gasteiger partial charge in [-0.25, -0.2) is 0 Å². The smallest absolute Gasteiger partial charge is 0.166 e. The number of hydrogen-bond acceptors (Lipinski definition) is 3. The second-order valence-corrected chi connectivity index (χ2v) is 4.74. The quantitative estimate of drug-likeness (QED) is 0.756. The number of carbonyl (C=O) groups excluding carboxylic acids is 2. The van der Waals surface area contributed by atoms with Gasteiger partial charge in [0.2, 0.25) is 0 Å². The number of methoxy groups -OCH3 is 1. The lowest BCUT2D eigenvalue weighted by molar-refractivity contribution is -0.117. The molecule has 0 fully saturated rings. The summed E-state index contributed by atoms with van der Waals surface area (Å²) in [5.41, 5.74) is 0.569. The molecular formula is C13H15BrO3. The summed E-state index contributed by atoms with van der Waals surface area (Å²) in [4.78, 5) is 22.7. The van der Waals surface area contributed by atoms with E-state index in [9.17, 15) is 9.59 Å². The zero-order valence-corrected chi connectivity index (χ0v) is 11.5. The van der Waals surface area contributed by atoms with Gasteiger partial charge in [-0.05, 0) is 31.5 Å². The third-order valence-corrected chi connectivity index (χ3v) is 2.89. The van der Waals surface area contributed by atoms with E-state index >= 15 is 0 Å². The van der Waals surface area contributed by atoms with Crippen molar-refractivity contribution >= 4 is 27.5 Å². The summed E-state index contributed by atoms with van der Waals surface area (Å²) in [7, 11) is 1.54. The van der Waals surface area contributed by atoms with Crippen LogP contribution in [0.25, 0.3) is 0 Å². The van der Waals surface area contributed by atoms with Crippen LogP contribution in [0.2, 0.25) is 0 Å². The molecule has 0 amide bonds. The predicted octanol–water partition coefficient (Wildman–Crippen LogP) is 3.40. The van der Waals surface area contributed by atoms with Gasteiger partial charge >= 0.3 is 0 Å². The van der Waals surface area contributed by atoms with E-state index in [1.807, 2.05) is 0 Å². The van der Waals surface area contributed by atoms with Crippen molar-refractivity contribution in [3.8, 4) is 5.75 Å². The normalized spacial score (nSPS) is 10.1. The molecule has 1 aromatic rings. The molecule has 0 atom stereocenters. The Hall–Kier alpha value is -1.16. The van der Waals surface area contributed by atoms with E-state index < -0.39 is 0 Å². The zero-order chi connectivity index (χ0) is 12.8. The summed E-state index contributed by atoms with van der Waals surface area (Å²) < 4.78 is 6.03. The first-order valence-corrected chi connectivity index (χ1v) is 6.20. The Balaban J connectivity index is 2.71. The Morgan fingerprint density at radius 1 is 1.29 bits per heavy atom. The zero-order valence-electron chi connectivity index (χ0n) is 9.96. The Morgan fingerprint density at radius 3 is 2.59 bits per heavy atom. The highest BCUT2D eigenvalue weighted by Gasteiger charge is 2.12. The fourth-order valence-electron chi connectivity index (χ4n) is 1.53. The third kappa shape index (κ3) is 4.30. The Labute approximate surface area is 109 Å². The van der Waals surface area contributed by atoms with E-state index in [0.717, 1.165) is 4.47 Å². The number of hydrogen-bond donors (Lipinski definition) is 0. The van der Waals surface area contributed by atoms with Gasteiger partial charge in [0.25, 0.3) is 0 Å². The monoisotopic (exact) mass is 298 g/mol. The Kier molecular flexibility index (Phi) is 5.35. The van der Waals surface area contributed by atoms with E-state index in [4.69, 9.17) is 4.74 Å². The minimum Gasteiger partial charge on any atom is -0.496 e. The van der Waals surface area contributed by atoms with Crippen molar-refractivity contribution in [3.63, 3.8) is 0 Å². The second-order valence-electron chi connectivity index (χ2n) is 3.82. The second kappa shape index (κ2) is 6.55. The largest absolute Gasteiger partial charge is 0.496 e. The molecule has 1 aromatic carbocycles.